The van der Waals surface area contributed by atoms with E-state index in [2.05, 4.69) is 32.0 Å². The summed E-state index contributed by atoms with van der Waals surface area (Å²) in [5, 5.41) is 8.96. The van der Waals surface area contributed by atoms with Crippen molar-refractivity contribution >= 4 is 23.1 Å². The number of rotatable bonds is 9. The van der Waals surface area contributed by atoms with Crippen molar-refractivity contribution in [2.75, 3.05) is 0 Å². The second kappa shape index (κ2) is 8.63. The molecule has 0 saturated carbocycles. The average Bonchev–Trinajstić information content (AvgIpc) is 2.98. The van der Waals surface area contributed by atoms with Gasteiger partial charge < -0.3 is 5.11 Å². The lowest BCUT2D eigenvalue weighted by atomic mass is 9.84. The van der Waals surface area contributed by atoms with Gasteiger partial charge in [0.05, 0.1) is 11.3 Å². The van der Waals surface area contributed by atoms with Crippen LogP contribution in [0.5, 0.6) is 0 Å². The molecule has 1 N–H and O–H groups in total. The molecule has 0 aliphatic heterocycles. The molecule has 140 valence electrons. The quantitative estimate of drug-likeness (QED) is 0.582. The van der Waals surface area contributed by atoms with Gasteiger partial charge in [0.1, 0.15) is 0 Å². The lowest BCUT2D eigenvalue weighted by Gasteiger charge is -2.20. The fraction of sp³-hybridized carbons (Fsp3) is 0.455. The topological polar surface area (TPSA) is 54.4 Å². The Balaban J connectivity index is 1.90. The highest BCUT2D eigenvalue weighted by molar-refractivity contribution is 7.14. The van der Waals surface area contributed by atoms with E-state index in [-0.39, 0.29) is 18.6 Å². The lowest BCUT2D eigenvalue weighted by Crippen LogP contribution is -2.20. The van der Waals surface area contributed by atoms with E-state index in [0.717, 1.165) is 24.1 Å². The van der Waals surface area contributed by atoms with Crippen LogP contribution in [-0.4, -0.2) is 16.9 Å². The molecule has 3 nitrogen and oxygen atoms in total. The number of aliphatic carboxylic acids is 1. The van der Waals surface area contributed by atoms with Crippen molar-refractivity contribution in [3.05, 3.63) is 56.8 Å². The summed E-state index contributed by atoms with van der Waals surface area (Å²) in [5.74, 6) is -0.817. The van der Waals surface area contributed by atoms with E-state index in [0.29, 0.717) is 0 Å². The van der Waals surface area contributed by atoms with Gasteiger partial charge in [-0.15, -0.1) is 11.3 Å². The smallest absolute Gasteiger partial charge is 0.303 e. The predicted molar refractivity (Wildman–Crippen MR) is 107 cm³/mol. The summed E-state index contributed by atoms with van der Waals surface area (Å²) in [6.45, 7) is 7.93. The van der Waals surface area contributed by atoms with Crippen LogP contribution in [0, 0.1) is 19.3 Å². The van der Waals surface area contributed by atoms with Gasteiger partial charge in [-0.1, -0.05) is 37.6 Å². The summed E-state index contributed by atoms with van der Waals surface area (Å²) in [5.41, 5.74) is 3.50. The van der Waals surface area contributed by atoms with Crippen molar-refractivity contribution in [1.29, 1.82) is 0 Å². The predicted octanol–water partition coefficient (Wildman–Crippen LogP) is 5.61. The highest BCUT2D eigenvalue weighted by Gasteiger charge is 2.26. The molecule has 0 unspecified atom stereocenters. The van der Waals surface area contributed by atoms with Crippen molar-refractivity contribution in [2.24, 2.45) is 5.41 Å². The molecule has 4 heteroatoms. The maximum absolute atomic E-state index is 12.5. The van der Waals surface area contributed by atoms with E-state index in [4.69, 9.17) is 5.11 Å². The Kier molecular flexibility index (Phi) is 6.76. The first-order valence-electron chi connectivity index (χ1n) is 9.06. The molecule has 0 fully saturated rings. The third kappa shape index (κ3) is 6.10. The van der Waals surface area contributed by atoms with Crippen molar-refractivity contribution < 1.29 is 14.7 Å². The molecule has 0 amide bonds. The molecule has 2 rings (SSSR count). The molecule has 0 aliphatic rings. The monoisotopic (exact) mass is 372 g/mol. The highest BCUT2D eigenvalue weighted by atomic mass is 32.1. The third-order valence-electron chi connectivity index (χ3n) is 4.58. The van der Waals surface area contributed by atoms with E-state index < -0.39 is 11.4 Å². The molecule has 26 heavy (non-hydrogen) atoms. The number of carbonyl (C=O) groups is 2. The van der Waals surface area contributed by atoms with Gasteiger partial charge in [-0.05, 0) is 61.8 Å². The first kappa shape index (κ1) is 20.4. The van der Waals surface area contributed by atoms with E-state index in [1.54, 1.807) is 11.3 Å². The van der Waals surface area contributed by atoms with Gasteiger partial charge in [-0.25, -0.2) is 0 Å². The standard InChI is InChI=1S/C22H28O3S/c1-15-8-9-16(2)17(12-15)6-5-7-18-10-11-20(26-18)19(23)13-22(3,4)14-21(24)25/h8-12H,5-7,13-14H2,1-4H3,(H,24,25). The van der Waals surface area contributed by atoms with E-state index in [1.165, 1.54) is 21.6 Å². The minimum Gasteiger partial charge on any atom is -0.481 e. The third-order valence-corrected chi connectivity index (χ3v) is 5.77. The van der Waals surface area contributed by atoms with Crippen molar-refractivity contribution in [3.63, 3.8) is 0 Å². The van der Waals surface area contributed by atoms with Gasteiger partial charge in [0.2, 0.25) is 0 Å². The van der Waals surface area contributed by atoms with Crippen LogP contribution < -0.4 is 0 Å². The number of carbonyl (C=O) groups excluding carboxylic acids is 1. The second-order valence-electron chi connectivity index (χ2n) is 7.88. The zero-order valence-corrected chi connectivity index (χ0v) is 16.9. The maximum Gasteiger partial charge on any atom is 0.303 e. The SMILES string of the molecule is Cc1ccc(C)c(CCCc2ccc(C(=O)CC(C)(C)CC(=O)O)s2)c1. The summed E-state index contributed by atoms with van der Waals surface area (Å²) in [6, 6.07) is 10.5. The van der Waals surface area contributed by atoms with Gasteiger partial charge >= 0.3 is 5.97 Å². The van der Waals surface area contributed by atoms with Crippen LogP contribution in [0.25, 0.3) is 0 Å². The van der Waals surface area contributed by atoms with Gasteiger partial charge in [0.25, 0.3) is 0 Å². The molecule has 0 bridgehead atoms. The number of aryl methyl sites for hydroxylation is 4. The van der Waals surface area contributed by atoms with Crippen LogP contribution in [-0.2, 0) is 17.6 Å². The normalized spacial score (nSPS) is 11.5. The van der Waals surface area contributed by atoms with Crippen LogP contribution in [0.1, 0.15) is 64.3 Å². The zero-order valence-electron chi connectivity index (χ0n) is 16.1. The van der Waals surface area contributed by atoms with Gasteiger partial charge in [0.15, 0.2) is 5.78 Å². The summed E-state index contributed by atoms with van der Waals surface area (Å²) in [6.07, 6.45) is 3.34. The Morgan fingerprint density at radius 3 is 2.46 bits per heavy atom. The fourth-order valence-corrected chi connectivity index (χ4v) is 4.17. The molecule has 2 aromatic rings. The fourth-order valence-electron chi connectivity index (χ4n) is 3.18. The minimum absolute atomic E-state index is 0.00676. The van der Waals surface area contributed by atoms with Crippen molar-refractivity contribution in [3.8, 4) is 0 Å². The number of Topliss-reactive ketones (excluding diaryl/α,β-unsaturated/α-hetero) is 1. The van der Waals surface area contributed by atoms with Crippen LogP contribution in [0.3, 0.4) is 0 Å². The average molecular weight is 373 g/mol. The van der Waals surface area contributed by atoms with Crippen molar-refractivity contribution in [2.45, 2.75) is 59.8 Å². The van der Waals surface area contributed by atoms with Crippen molar-refractivity contribution in [1.82, 2.24) is 0 Å². The van der Waals surface area contributed by atoms with E-state index in [1.807, 2.05) is 26.0 Å². The largest absolute Gasteiger partial charge is 0.481 e. The number of hydrogen-bond acceptors (Lipinski definition) is 3. The van der Waals surface area contributed by atoms with Gasteiger partial charge in [-0.2, -0.15) is 0 Å². The molecule has 0 saturated heterocycles. The lowest BCUT2D eigenvalue weighted by molar-refractivity contribution is -0.139. The molecule has 1 aromatic heterocycles. The zero-order chi connectivity index (χ0) is 19.3. The van der Waals surface area contributed by atoms with E-state index >= 15 is 0 Å². The van der Waals surface area contributed by atoms with Gasteiger partial charge in [0, 0.05) is 11.3 Å². The Labute approximate surface area is 160 Å². The first-order valence-corrected chi connectivity index (χ1v) is 9.88. The molecule has 0 spiro atoms. The minimum atomic E-state index is -0.860. The number of ketones is 1. The maximum atomic E-state index is 12.5. The number of hydrogen-bond donors (Lipinski definition) is 1. The molecule has 0 radical (unpaired) electrons. The Hall–Kier alpha value is -1.94. The van der Waals surface area contributed by atoms with E-state index in [9.17, 15) is 9.59 Å². The second-order valence-corrected chi connectivity index (χ2v) is 9.05. The Morgan fingerprint density at radius 2 is 1.77 bits per heavy atom. The summed E-state index contributed by atoms with van der Waals surface area (Å²) < 4.78 is 0. The highest BCUT2D eigenvalue weighted by Crippen LogP contribution is 2.29. The van der Waals surface area contributed by atoms with Gasteiger partial charge in [-0.3, -0.25) is 9.59 Å². The molecule has 0 aliphatic carbocycles. The molecule has 1 heterocycles. The molecular weight excluding hydrogens is 344 g/mol. The van der Waals surface area contributed by atoms with Crippen LogP contribution >= 0.6 is 11.3 Å². The Bertz CT molecular complexity index is 786. The number of benzene rings is 1. The number of carboxylic acids is 1. The van der Waals surface area contributed by atoms with Crippen LogP contribution in [0.2, 0.25) is 0 Å². The van der Waals surface area contributed by atoms with Crippen LogP contribution in [0.15, 0.2) is 30.3 Å². The first-order chi connectivity index (χ1) is 12.2. The summed E-state index contributed by atoms with van der Waals surface area (Å²) in [4.78, 5) is 25.3. The molecular formula is C22H28O3S. The molecule has 0 atom stereocenters. The van der Waals surface area contributed by atoms with Crippen LogP contribution in [0.4, 0.5) is 0 Å². The summed E-state index contributed by atoms with van der Waals surface area (Å²) in [7, 11) is 0. The summed E-state index contributed by atoms with van der Waals surface area (Å²) >= 11 is 1.55. The molecule has 1 aromatic carbocycles. The number of carboxylic acid groups (broad SMARTS) is 1. The number of thiophene rings is 1. The Morgan fingerprint density at radius 1 is 1.04 bits per heavy atom.